The van der Waals surface area contributed by atoms with Crippen molar-refractivity contribution in [2.75, 3.05) is 27.2 Å². The fourth-order valence-electron chi connectivity index (χ4n) is 5.15. The second kappa shape index (κ2) is 9.98. The molecule has 0 aliphatic heterocycles. The van der Waals surface area contributed by atoms with Gasteiger partial charge in [0, 0.05) is 10.4 Å². The Balaban J connectivity index is 1.64. The number of aliphatic carboxylic acids is 1. The topological polar surface area (TPSA) is 49.8 Å². The molecule has 33 heavy (non-hydrogen) atoms. The van der Waals surface area contributed by atoms with Crippen LogP contribution in [0.3, 0.4) is 0 Å². The molecule has 0 amide bonds. The van der Waals surface area contributed by atoms with Gasteiger partial charge in [-0.3, -0.25) is 9.69 Å². The van der Waals surface area contributed by atoms with E-state index < -0.39 is 5.97 Å². The zero-order valence-electron chi connectivity index (χ0n) is 19.2. The van der Waals surface area contributed by atoms with Crippen molar-refractivity contribution in [2.24, 2.45) is 0 Å². The second-order valence-corrected chi connectivity index (χ2v) is 9.36. The summed E-state index contributed by atoms with van der Waals surface area (Å²) >= 11 is 6.20. The molecule has 1 aliphatic rings. The largest absolute Gasteiger partial charge is 0.497 e. The average molecular weight is 464 g/mol. The van der Waals surface area contributed by atoms with E-state index in [4.69, 9.17) is 21.4 Å². The quantitative estimate of drug-likeness (QED) is 0.420. The van der Waals surface area contributed by atoms with Gasteiger partial charge in [-0.25, -0.2) is 0 Å². The molecule has 5 heteroatoms. The Morgan fingerprint density at radius 3 is 2.42 bits per heavy atom. The predicted molar refractivity (Wildman–Crippen MR) is 133 cm³/mol. The van der Waals surface area contributed by atoms with Gasteiger partial charge in [0.1, 0.15) is 5.75 Å². The molecule has 4 rings (SSSR count). The van der Waals surface area contributed by atoms with E-state index in [1.807, 2.05) is 36.2 Å². The van der Waals surface area contributed by atoms with Crippen molar-refractivity contribution in [3.05, 3.63) is 88.4 Å². The summed E-state index contributed by atoms with van der Waals surface area (Å²) in [5.74, 6) is 0.0664. The van der Waals surface area contributed by atoms with Crippen LogP contribution in [0.25, 0.3) is 11.1 Å². The summed E-state index contributed by atoms with van der Waals surface area (Å²) in [5, 5.41) is 9.81. The van der Waals surface area contributed by atoms with E-state index in [1.54, 1.807) is 7.11 Å². The molecular weight excluding hydrogens is 434 g/mol. The molecule has 1 aliphatic carbocycles. The molecule has 3 aromatic rings. The van der Waals surface area contributed by atoms with E-state index in [-0.39, 0.29) is 12.0 Å². The summed E-state index contributed by atoms with van der Waals surface area (Å²) in [5.41, 5.74) is 6.36. The summed E-state index contributed by atoms with van der Waals surface area (Å²) < 4.78 is 5.29. The van der Waals surface area contributed by atoms with Crippen molar-refractivity contribution in [1.82, 2.24) is 4.90 Å². The molecule has 172 valence electrons. The number of nitrogens with zero attached hydrogens (tertiary/aromatic N) is 1. The molecule has 0 bridgehead atoms. The Morgan fingerprint density at radius 1 is 1.06 bits per heavy atom. The third-order valence-corrected chi connectivity index (χ3v) is 7.06. The number of carbonyl (C=O) groups is 1. The molecule has 0 spiro atoms. The number of rotatable bonds is 9. The molecule has 0 fully saturated rings. The summed E-state index contributed by atoms with van der Waals surface area (Å²) in [6, 6.07) is 23.3. The first-order chi connectivity index (χ1) is 15.9. The molecule has 0 aromatic heterocycles. The summed E-state index contributed by atoms with van der Waals surface area (Å²) in [7, 11) is 3.55. The van der Waals surface area contributed by atoms with Gasteiger partial charge in [0.2, 0.25) is 0 Å². The lowest BCUT2D eigenvalue weighted by Gasteiger charge is -2.32. The van der Waals surface area contributed by atoms with Crippen molar-refractivity contribution in [2.45, 2.75) is 31.1 Å². The summed E-state index contributed by atoms with van der Waals surface area (Å²) in [4.78, 5) is 12.9. The van der Waals surface area contributed by atoms with E-state index in [2.05, 4.69) is 42.5 Å². The molecule has 3 aromatic carbocycles. The minimum atomic E-state index is -0.790. The van der Waals surface area contributed by atoms with Crippen LogP contribution in [0, 0.1) is 0 Å². The van der Waals surface area contributed by atoms with Gasteiger partial charge < -0.3 is 9.84 Å². The minimum Gasteiger partial charge on any atom is -0.497 e. The van der Waals surface area contributed by atoms with Crippen LogP contribution < -0.4 is 4.74 Å². The van der Waals surface area contributed by atoms with Crippen LogP contribution in [-0.2, 0) is 16.6 Å². The smallest absolute Gasteiger partial charge is 0.317 e. The summed E-state index contributed by atoms with van der Waals surface area (Å²) in [6.07, 6.45) is 3.95. The van der Waals surface area contributed by atoms with Crippen LogP contribution in [0.5, 0.6) is 5.75 Å². The standard InChI is InChI=1S/C28H30ClNO3/c1-30(19-27(31)32)17-3-15-28(23-7-9-24(29)10-8-23)16-14-22-18-21(6-13-26(22)28)20-4-11-25(33-2)12-5-20/h4-13,18H,3,14-17,19H2,1-2H3,(H,31,32)/t28-/m0/s1. The Morgan fingerprint density at radius 2 is 1.76 bits per heavy atom. The molecule has 4 nitrogen and oxygen atoms in total. The van der Waals surface area contributed by atoms with E-state index in [9.17, 15) is 4.79 Å². The first-order valence-corrected chi connectivity index (χ1v) is 11.7. The lowest BCUT2D eigenvalue weighted by Crippen LogP contribution is -2.30. The monoisotopic (exact) mass is 463 g/mol. The number of halogens is 1. The highest BCUT2D eigenvalue weighted by atomic mass is 35.5. The zero-order valence-corrected chi connectivity index (χ0v) is 19.9. The van der Waals surface area contributed by atoms with E-state index in [0.717, 1.165) is 43.0 Å². The molecule has 0 unspecified atom stereocenters. The number of carboxylic acids is 1. The number of methoxy groups -OCH3 is 1. The van der Waals surface area contributed by atoms with Gasteiger partial charge in [0.15, 0.2) is 0 Å². The fraction of sp³-hybridized carbons (Fsp3) is 0.321. The molecule has 0 radical (unpaired) electrons. The number of hydrogen-bond donors (Lipinski definition) is 1. The third kappa shape index (κ3) is 5.07. The third-order valence-electron chi connectivity index (χ3n) is 6.81. The van der Waals surface area contributed by atoms with Gasteiger partial charge in [-0.1, -0.05) is 54.1 Å². The second-order valence-electron chi connectivity index (χ2n) is 8.92. The molecule has 0 saturated carbocycles. The Kier molecular flexibility index (Phi) is 7.06. The highest BCUT2D eigenvalue weighted by Crippen LogP contribution is 2.48. The number of benzene rings is 3. The van der Waals surface area contributed by atoms with Crippen LogP contribution in [0.15, 0.2) is 66.7 Å². The first kappa shape index (κ1) is 23.3. The Bertz CT molecular complexity index is 1110. The number of fused-ring (bicyclic) bond motifs is 1. The Hall–Kier alpha value is -2.82. The van der Waals surface area contributed by atoms with Gasteiger partial charge in [-0.05, 0) is 91.4 Å². The number of hydrogen-bond acceptors (Lipinski definition) is 3. The maximum absolute atomic E-state index is 11.0. The fourth-order valence-corrected chi connectivity index (χ4v) is 5.27. The summed E-state index contributed by atoms with van der Waals surface area (Å²) in [6.45, 7) is 0.816. The zero-order chi connectivity index (χ0) is 23.4. The maximum atomic E-state index is 11.0. The lowest BCUT2D eigenvalue weighted by atomic mass is 9.72. The maximum Gasteiger partial charge on any atom is 0.317 e. The van der Waals surface area contributed by atoms with Crippen LogP contribution >= 0.6 is 11.6 Å². The van der Waals surface area contributed by atoms with Gasteiger partial charge in [-0.15, -0.1) is 0 Å². The van der Waals surface area contributed by atoms with Crippen molar-refractivity contribution in [1.29, 1.82) is 0 Å². The average Bonchev–Trinajstić information content (AvgIpc) is 3.18. The van der Waals surface area contributed by atoms with Crippen molar-refractivity contribution in [3.63, 3.8) is 0 Å². The van der Waals surface area contributed by atoms with E-state index in [1.165, 1.54) is 27.8 Å². The molecule has 0 saturated heterocycles. The predicted octanol–water partition coefficient (Wildman–Crippen LogP) is 6.04. The lowest BCUT2D eigenvalue weighted by molar-refractivity contribution is -0.137. The van der Waals surface area contributed by atoms with Gasteiger partial charge in [-0.2, -0.15) is 0 Å². The molecule has 1 atom stereocenters. The van der Waals surface area contributed by atoms with Gasteiger partial charge >= 0.3 is 5.97 Å². The highest BCUT2D eigenvalue weighted by Gasteiger charge is 2.39. The van der Waals surface area contributed by atoms with E-state index in [0.29, 0.717) is 0 Å². The number of ether oxygens (including phenoxy) is 1. The number of aryl methyl sites for hydroxylation is 1. The normalized spacial score (nSPS) is 17.2. The van der Waals surface area contributed by atoms with E-state index >= 15 is 0 Å². The van der Waals surface area contributed by atoms with Crippen molar-refractivity contribution >= 4 is 17.6 Å². The van der Waals surface area contributed by atoms with Crippen LogP contribution in [-0.4, -0.2) is 43.2 Å². The SMILES string of the molecule is COc1ccc(-c2ccc3c(c2)CC[C@@]3(CCCN(C)CC(=O)O)c2ccc(Cl)cc2)cc1. The van der Waals surface area contributed by atoms with Crippen LogP contribution in [0.4, 0.5) is 0 Å². The van der Waals surface area contributed by atoms with Gasteiger partial charge in [0.25, 0.3) is 0 Å². The van der Waals surface area contributed by atoms with Crippen molar-refractivity contribution < 1.29 is 14.6 Å². The van der Waals surface area contributed by atoms with Crippen LogP contribution in [0.1, 0.15) is 36.0 Å². The molecule has 1 N–H and O–H groups in total. The molecule has 0 heterocycles. The molecular formula is C28H30ClNO3. The Labute approximate surface area is 200 Å². The van der Waals surface area contributed by atoms with Gasteiger partial charge in [0.05, 0.1) is 13.7 Å². The minimum absolute atomic E-state index is 0.0652. The van der Waals surface area contributed by atoms with Crippen molar-refractivity contribution in [3.8, 4) is 16.9 Å². The number of likely N-dealkylation sites (N-methyl/N-ethyl adjacent to an activating group) is 1. The highest BCUT2D eigenvalue weighted by molar-refractivity contribution is 6.30. The number of carboxylic acid groups (broad SMARTS) is 1. The van der Waals surface area contributed by atoms with Crippen LogP contribution in [0.2, 0.25) is 5.02 Å². The first-order valence-electron chi connectivity index (χ1n) is 11.4.